The zero-order valence-corrected chi connectivity index (χ0v) is 42.4. The van der Waals surface area contributed by atoms with Gasteiger partial charge in [0, 0.05) is 52.5 Å². The molecule has 0 atom stereocenters. The highest BCUT2D eigenvalue weighted by atomic mass is 32.2. The third-order valence-corrected chi connectivity index (χ3v) is 12.5. The van der Waals surface area contributed by atoms with Crippen LogP contribution in [0.1, 0.15) is 39.7 Å². The van der Waals surface area contributed by atoms with Crippen LogP contribution in [0.3, 0.4) is 0 Å². The first-order valence-electron chi connectivity index (χ1n) is 24.5. The number of ether oxygens (including phenoxy) is 3. The lowest BCUT2D eigenvalue weighted by molar-refractivity contribution is -0.138. The molecule has 0 saturated carbocycles. The molecule has 0 spiro atoms. The summed E-state index contributed by atoms with van der Waals surface area (Å²) in [6.45, 7) is 5.66. The molecule has 0 unspecified atom stereocenters. The maximum atomic E-state index is 13.6. The zero-order chi connectivity index (χ0) is 53.5. The van der Waals surface area contributed by atoms with Gasteiger partial charge in [-0.05, 0) is 110 Å². The third-order valence-electron chi connectivity index (χ3n) is 11.5. The Bertz CT molecular complexity index is 3200. The molecule has 9 rings (SSSR count). The van der Waals surface area contributed by atoms with Gasteiger partial charge in [-0.2, -0.15) is 0 Å². The SMILES string of the molecule is CCOC(=O)C1=C(O)/C(=C/c2ccc(OCCOCCn3cc(CNC(=O)c4cc(NC(=O)Nc5ccc(C6=NCCN6)cc5)cc(NC(=O)Nc5ccc(C6=NCCN6)cc5)c4)nn3)c(O)c2)SC1=Nc1ccccc1. The Labute approximate surface area is 445 Å². The van der Waals surface area contributed by atoms with Crippen LogP contribution in [0.5, 0.6) is 11.5 Å². The number of aliphatic hydroxyl groups is 1. The summed E-state index contributed by atoms with van der Waals surface area (Å²) in [5.74, 6) is 0.201. The van der Waals surface area contributed by atoms with Crippen molar-refractivity contribution in [1.82, 2.24) is 30.9 Å². The number of amidine groups is 2. The van der Waals surface area contributed by atoms with Crippen LogP contribution in [-0.2, 0) is 27.4 Å². The van der Waals surface area contributed by atoms with Crippen molar-refractivity contribution in [3.8, 4) is 11.5 Å². The highest BCUT2D eigenvalue weighted by Gasteiger charge is 2.33. The molecule has 0 radical (unpaired) electrons. The lowest BCUT2D eigenvalue weighted by atomic mass is 10.1. The van der Waals surface area contributed by atoms with Crippen LogP contribution in [0.15, 0.2) is 153 Å². The van der Waals surface area contributed by atoms with Crippen molar-refractivity contribution in [2.45, 2.75) is 20.0 Å². The van der Waals surface area contributed by atoms with E-state index in [9.17, 15) is 29.4 Å². The number of aromatic nitrogens is 3. The Morgan fingerprint density at radius 1 is 0.753 bits per heavy atom. The minimum Gasteiger partial charge on any atom is -0.506 e. The normalized spacial score (nSPS) is 14.8. The number of aliphatic imine (C=N–C) groups is 3. The predicted octanol–water partition coefficient (Wildman–Crippen LogP) is 7.19. The molecule has 0 bridgehead atoms. The van der Waals surface area contributed by atoms with Gasteiger partial charge in [-0.3, -0.25) is 14.8 Å². The van der Waals surface area contributed by atoms with E-state index in [0.717, 1.165) is 47.6 Å². The van der Waals surface area contributed by atoms with E-state index in [1.54, 1.807) is 72.4 Å². The van der Waals surface area contributed by atoms with Gasteiger partial charge >= 0.3 is 18.0 Å². The van der Waals surface area contributed by atoms with Crippen LogP contribution in [-0.4, -0.2) is 118 Å². The van der Waals surface area contributed by atoms with Crippen molar-refractivity contribution < 1.29 is 43.6 Å². The summed E-state index contributed by atoms with van der Waals surface area (Å²) in [5.41, 5.74) is 5.03. The molecule has 9 N–H and O–H groups in total. The Morgan fingerprint density at radius 2 is 1.39 bits per heavy atom. The number of anilines is 4. The number of hydrogen-bond acceptors (Lipinski definition) is 17. The average molecular weight is 1060 g/mol. The average Bonchev–Trinajstić information content (AvgIpc) is 4.29. The van der Waals surface area contributed by atoms with E-state index in [2.05, 4.69) is 62.5 Å². The molecule has 5 aromatic carbocycles. The van der Waals surface area contributed by atoms with Gasteiger partial charge in [0.05, 0.1) is 62.8 Å². The van der Waals surface area contributed by atoms with Crippen molar-refractivity contribution in [2.24, 2.45) is 15.0 Å². The topological polar surface area (TPSA) is 288 Å². The van der Waals surface area contributed by atoms with Gasteiger partial charge in [-0.25, -0.2) is 24.1 Å². The molecule has 22 nitrogen and oxygen atoms in total. The monoisotopic (exact) mass is 1060 g/mol. The van der Waals surface area contributed by atoms with E-state index in [1.165, 1.54) is 24.3 Å². The van der Waals surface area contributed by atoms with Crippen LogP contribution < -0.4 is 42.0 Å². The Morgan fingerprint density at radius 3 is 1.99 bits per heavy atom. The number of thioether (sulfide) groups is 1. The lowest BCUT2D eigenvalue weighted by Crippen LogP contribution is -2.25. The smallest absolute Gasteiger partial charge is 0.344 e. The molecule has 0 aliphatic carbocycles. The fourth-order valence-electron chi connectivity index (χ4n) is 7.88. The Kier molecular flexibility index (Phi) is 17.1. The summed E-state index contributed by atoms with van der Waals surface area (Å²) in [4.78, 5) is 66.6. The number of hydrogen-bond donors (Lipinski definition) is 9. The molecule has 0 fully saturated rings. The number of carbonyl (C=O) groups is 4. The number of aliphatic hydroxyl groups excluding tert-OH is 1. The Balaban J connectivity index is 0.755. The van der Waals surface area contributed by atoms with Crippen molar-refractivity contribution >= 4 is 86.9 Å². The van der Waals surface area contributed by atoms with E-state index < -0.39 is 23.9 Å². The predicted molar refractivity (Wildman–Crippen MR) is 294 cm³/mol. The van der Waals surface area contributed by atoms with Gasteiger partial charge < -0.3 is 61.6 Å². The maximum Gasteiger partial charge on any atom is 0.344 e. The summed E-state index contributed by atoms with van der Waals surface area (Å²) in [6.07, 6.45) is 3.29. The fraction of sp³-hybridized carbons (Fsp3) is 0.204. The second kappa shape index (κ2) is 25.2. The maximum absolute atomic E-state index is 13.6. The molecule has 77 heavy (non-hydrogen) atoms. The van der Waals surface area contributed by atoms with Gasteiger partial charge in [0.2, 0.25) is 0 Å². The largest absolute Gasteiger partial charge is 0.506 e. The highest BCUT2D eigenvalue weighted by molar-refractivity contribution is 8.18. The van der Waals surface area contributed by atoms with Crippen LogP contribution in [0.4, 0.5) is 38.0 Å². The number of carbonyl (C=O) groups excluding carboxylic acids is 4. The van der Waals surface area contributed by atoms with Crippen molar-refractivity contribution in [3.05, 3.63) is 166 Å². The number of nitrogens with one attached hydrogen (secondary N) is 7. The number of benzene rings is 5. The zero-order valence-electron chi connectivity index (χ0n) is 41.5. The van der Waals surface area contributed by atoms with Crippen molar-refractivity contribution in [2.75, 3.05) is 73.9 Å². The lowest BCUT2D eigenvalue weighted by Gasteiger charge is -2.14. The standard InChI is InChI=1S/C54H53N13O9S/c1-2-75-52(71)46-47(69)45(77-51(46)60-37-6-4-3-5-7-37)27-33-8-17-44(43(68)26-33)76-25-24-74-23-22-67-32-42(65-66-67)31-59-50(70)36-28-40(63-53(72)61-38-13-9-34(10-14-38)48-55-18-19-56-48)30-41(29-36)64-54(73)62-39-15-11-35(12-16-39)49-57-20-21-58-49/h3-17,26-30,32,68-69H,2,18-25,31H2,1H3,(H,55,56)(H,57,58)(H,59,70)(H2,61,63,72)(H2,62,64,73)/b45-27-,60-51?. The molecule has 3 aliphatic rings. The first-order chi connectivity index (χ1) is 37.5. The molecule has 23 heteroatoms. The summed E-state index contributed by atoms with van der Waals surface area (Å²) in [5, 5.41) is 50.8. The number of esters is 1. The van der Waals surface area contributed by atoms with Crippen LogP contribution in [0.2, 0.25) is 0 Å². The van der Waals surface area contributed by atoms with Gasteiger partial charge in [-0.15, -0.1) is 5.10 Å². The van der Waals surface area contributed by atoms with Gasteiger partial charge in [-0.1, -0.05) is 41.2 Å². The summed E-state index contributed by atoms with van der Waals surface area (Å²) in [6, 6.07) is 31.6. The first-order valence-corrected chi connectivity index (χ1v) is 25.3. The summed E-state index contributed by atoms with van der Waals surface area (Å²) in [7, 11) is 0. The van der Waals surface area contributed by atoms with E-state index in [1.807, 2.05) is 42.5 Å². The number of nitrogens with zero attached hydrogens (tertiary/aromatic N) is 6. The van der Waals surface area contributed by atoms with E-state index in [-0.39, 0.29) is 72.7 Å². The number of amides is 5. The van der Waals surface area contributed by atoms with Crippen LogP contribution >= 0.6 is 11.8 Å². The summed E-state index contributed by atoms with van der Waals surface area (Å²) >= 11 is 1.11. The van der Waals surface area contributed by atoms with Gasteiger partial charge in [0.25, 0.3) is 5.91 Å². The van der Waals surface area contributed by atoms with Crippen molar-refractivity contribution in [3.63, 3.8) is 0 Å². The molecule has 394 valence electrons. The highest BCUT2D eigenvalue weighted by Crippen LogP contribution is 2.41. The van der Waals surface area contributed by atoms with Gasteiger partial charge in [0.1, 0.15) is 40.3 Å². The van der Waals surface area contributed by atoms with Crippen LogP contribution in [0.25, 0.3) is 6.08 Å². The number of phenols is 1. The van der Waals surface area contributed by atoms with E-state index in [0.29, 0.717) is 57.9 Å². The molecular formula is C54H53N13O9S. The number of phenolic OH excluding ortho intramolecular Hbond substituents is 1. The summed E-state index contributed by atoms with van der Waals surface area (Å²) < 4.78 is 18.2. The molecule has 4 heterocycles. The minimum absolute atomic E-state index is 0.0130. The van der Waals surface area contributed by atoms with Gasteiger partial charge in [0.15, 0.2) is 11.5 Å². The molecule has 6 aromatic rings. The second-order valence-electron chi connectivity index (χ2n) is 17.1. The molecule has 3 aliphatic heterocycles. The molecular weight excluding hydrogens is 1010 g/mol. The fourth-order valence-corrected chi connectivity index (χ4v) is 8.91. The first kappa shape index (κ1) is 52.4. The number of rotatable bonds is 20. The molecule has 1 aromatic heterocycles. The van der Waals surface area contributed by atoms with E-state index >= 15 is 0 Å². The van der Waals surface area contributed by atoms with E-state index in [4.69, 9.17) is 14.2 Å². The molecule has 0 saturated heterocycles. The van der Waals surface area contributed by atoms with Crippen LogP contribution in [0, 0.1) is 0 Å². The quantitative estimate of drug-likeness (QED) is 0.0270. The second-order valence-corrected chi connectivity index (χ2v) is 18.1. The number of urea groups is 2. The number of para-hydroxylation sites is 1. The molecule has 5 amide bonds. The number of aromatic hydroxyl groups is 1. The third kappa shape index (κ3) is 14.2. The van der Waals surface area contributed by atoms with Crippen molar-refractivity contribution in [1.29, 1.82) is 0 Å². The minimum atomic E-state index is -0.692. The Hall–Kier alpha value is -9.48.